The van der Waals surface area contributed by atoms with E-state index < -0.39 is 24.1 Å². The Hall–Kier alpha value is -1.48. The largest absolute Gasteiger partial charge is 0.394 e. The fourth-order valence-corrected chi connectivity index (χ4v) is 1.70. The van der Waals surface area contributed by atoms with Crippen LogP contribution in [0.25, 0.3) is 0 Å². The van der Waals surface area contributed by atoms with Gasteiger partial charge in [-0.2, -0.15) is 4.98 Å². The zero-order valence-electron chi connectivity index (χ0n) is 9.19. The fourth-order valence-electron chi connectivity index (χ4n) is 1.70. The van der Waals surface area contributed by atoms with Crippen LogP contribution in [0.1, 0.15) is 12.6 Å². The predicted octanol–water partition coefficient (Wildman–Crippen LogP) is -1.37. The molecule has 0 saturated carbocycles. The van der Waals surface area contributed by atoms with Crippen molar-refractivity contribution in [3.63, 3.8) is 0 Å². The lowest BCUT2D eigenvalue weighted by Crippen LogP contribution is -2.27. The predicted molar refractivity (Wildman–Crippen MR) is 59.6 cm³/mol. The van der Waals surface area contributed by atoms with Gasteiger partial charge in [0, 0.05) is 12.6 Å². The third-order valence-corrected chi connectivity index (χ3v) is 2.55. The molecule has 1 saturated heterocycles. The molecule has 0 aliphatic carbocycles. The maximum Gasteiger partial charge on any atom is 0.351 e. The smallest absolute Gasteiger partial charge is 0.351 e. The number of ether oxygens (including phenoxy) is 1. The van der Waals surface area contributed by atoms with E-state index in [0.29, 0.717) is 0 Å². The number of nitrogen functional groups attached to an aromatic ring is 1. The number of nitrogens with two attached hydrogens (primary N) is 1. The molecule has 1 aliphatic rings. The Kier molecular flexibility index (Phi) is 4.18. The maximum absolute atomic E-state index is 11.5. The molecule has 1 fully saturated rings. The molecule has 1 aromatic heterocycles. The summed E-state index contributed by atoms with van der Waals surface area (Å²) in [6.07, 6.45) is -0.333. The first kappa shape index (κ1) is 13.6. The van der Waals surface area contributed by atoms with Crippen molar-refractivity contribution in [3.05, 3.63) is 22.7 Å². The van der Waals surface area contributed by atoms with E-state index in [1.807, 2.05) is 0 Å². The molecule has 17 heavy (non-hydrogen) atoms. The van der Waals surface area contributed by atoms with Crippen molar-refractivity contribution in [3.8, 4) is 0 Å². The van der Waals surface area contributed by atoms with Gasteiger partial charge in [0.05, 0.1) is 12.7 Å². The van der Waals surface area contributed by atoms with Crippen LogP contribution in [0, 0.1) is 0 Å². The van der Waals surface area contributed by atoms with E-state index in [1.165, 1.54) is 16.8 Å². The van der Waals surface area contributed by atoms with E-state index in [9.17, 15) is 9.90 Å². The second-order valence-electron chi connectivity index (χ2n) is 3.66. The molecule has 8 nitrogen and oxygen atoms in total. The zero-order chi connectivity index (χ0) is 11.7. The van der Waals surface area contributed by atoms with Crippen LogP contribution < -0.4 is 17.6 Å². The van der Waals surface area contributed by atoms with Gasteiger partial charge >= 0.3 is 5.69 Å². The second-order valence-corrected chi connectivity index (χ2v) is 3.66. The molecule has 2 rings (SSSR count). The first-order valence-electron chi connectivity index (χ1n) is 4.91. The fraction of sp³-hybridized carbons (Fsp3) is 0.556. The van der Waals surface area contributed by atoms with Gasteiger partial charge in [-0.1, -0.05) is 0 Å². The number of aromatic nitrogens is 2. The normalized spacial score (nSPS) is 27.8. The number of hydrogen-bond donors (Lipinski definition) is 4. The first-order chi connectivity index (χ1) is 7.61. The number of anilines is 1. The van der Waals surface area contributed by atoms with Crippen LogP contribution in [0.15, 0.2) is 17.1 Å². The van der Waals surface area contributed by atoms with Crippen LogP contribution in [-0.4, -0.2) is 38.6 Å². The molecular formula is C9H16N4O4. The summed E-state index contributed by atoms with van der Waals surface area (Å²) in [4.78, 5) is 15.0. The number of nitrogens with zero attached hydrogens (tertiary/aromatic N) is 2. The molecular weight excluding hydrogens is 228 g/mol. The van der Waals surface area contributed by atoms with Crippen LogP contribution >= 0.6 is 0 Å². The summed E-state index contributed by atoms with van der Waals surface area (Å²) in [5.41, 5.74) is 4.82. The average Bonchev–Trinajstić information content (AvgIpc) is 2.59. The molecule has 2 heterocycles. The zero-order valence-corrected chi connectivity index (χ0v) is 9.19. The van der Waals surface area contributed by atoms with Crippen molar-refractivity contribution in [1.29, 1.82) is 0 Å². The molecule has 0 radical (unpaired) electrons. The maximum atomic E-state index is 11.5. The highest BCUT2D eigenvalue weighted by Gasteiger charge is 2.34. The summed E-state index contributed by atoms with van der Waals surface area (Å²) in [6, 6.07) is 1.48. The third-order valence-electron chi connectivity index (χ3n) is 2.55. The van der Waals surface area contributed by atoms with E-state index >= 15 is 0 Å². The minimum Gasteiger partial charge on any atom is -0.394 e. The summed E-state index contributed by atoms with van der Waals surface area (Å²) in [5.74, 6) is 0.138. The lowest BCUT2D eigenvalue weighted by Gasteiger charge is -2.13. The van der Waals surface area contributed by atoms with E-state index in [0.717, 1.165) is 0 Å². The highest BCUT2D eigenvalue weighted by molar-refractivity contribution is 5.23. The Balaban J connectivity index is 0.00000144. The molecule has 0 aromatic carbocycles. The standard InChI is InChI=1S/C9H13N3O4.H3N/c10-7-1-2-12(9(15)11-7)8-3-5(14)6(4-13)16-8;/h1-2,5-6,8,13-14H,3-4H2,(H2,10,11,15);1H3/t5-,6+,8+;/m0./s1. The van der Waals surface area contributed by atoms with Gasteiger partial charge in [-0.25, -0.2) is 4.79 Å². The van der Waals surface area contributed by atoms with Crippen LogP contribution in [0.5, 0.6) is 0 Å². The number of hydrogen-bond acceptors (Lipinski definition) is 7. The Morgan fingerprint density at radius 3 is 2.88 bits per heavy atom. The van der Waals surface area contributed by atoms with Gasteiger partial charge in [0.1, 0.15) is 18.1 Å². The summed E-state index contributed by atoms with van der Waals surface area (Å²) < 4.78 is 6.56. The van der Waals surface area contributed by atoms with Crippen LogP contribution in [-0.2, 0) is 4.74 Å². The molecule has 8 heteroatoms. The molecule has 0 unspecified atom stereocenters. The molecule has 0 spiro atoms. The number of rotatable bonds is 2. The van der Waals surface area contributed by atoms with Crippen molar-refractivity contribution in [1.82, 2.24) is 15.7 Å². The highest BCUT2D eigenvalue weighted by atomic mass is 16.5. The highest BCUT2D eigenvalue weighted by Crippen LogP contribution is 2.27. The molecule has 0 amide bonds. The average molecular weight is 244 g/mol. The third kappa shape index (κ3) is 2.61. The second kappa shape index (κ2) is 5.23. The van der Waals surface area contributed by atoms with Crippen LogP contribution in [0.4, 0.5) is 5.82 Å². The van der Waals surface area contributed by atoms with Crippen LogP contribution in [0.2, 0.25) is 0 Å². The van der Waals surface area contributed by atoms with E-state index in [1.54, 1.807) is 0 Å². The van der Waals surface area contributed by atoms with Gasteiger partial charge in [0.15, 0.2) is 0 Å². The molecule has 0 bridgehead atoms. The number of aliphatic hydroxyl groups excluding tert-OH is 2. The Morgan fingerprint density at radius 2 is 2.35 bits per heavy atom. The number of aliphatic hydroxyl groups is 2. The van der Waals surface area contributed by atoms with Gasteiger partial charge < -0.3 is 26.8 Å². The molecule has 1 aliphatic heterocycles. The van der Waals surface area contributed by atoms with Crippen molar-refractivity contribution >= 4 is 5.82 Å². The summed E-state index contributed by atoms with van der Waals surface area (Å²) in [7, 11) is 0. The van der Waals surface area contributed by atoms with E-state index in [4.69, 9.17) is 15.6 Å². The monoisotopic (exact) mass is 244 g/mol. The summed E-state index contributed by atoms with van der Waals surface area (Å²) in [6.45, 7) is -0.283. The molecule has 7 N–H and O–H groups in total. The first-order valence-corrected chi connectivity index (χ1v) is 4.91. The summed E-state index contributed by atoms with van der Waals surface area (Å²) >= 11 is 0. The quantitative estimate of drug-likeness (QED) is 0.501. The Labute approximate surface area is 97.2 Å². The van der Waals surface area contributed by atoms with Crippen molar-refractivity contribution in [2.24, 2.45) is 0 Å². The lowest BCUT2D eigenvalue weighted by atomic mass is 10.2. The van der Waals surface area contributed by atoms with Crippen molar-refractivity contribution in [2.75, 3.05) is 12.3 Å². The Morgan fingerprint density at radius 1 is 1.65 bits per heavy atom. The minimum absolute atomic E-state index is 0. The topological polar surface area (TPSA) is 146 Å². The van der Waals surface area contributed by atoms with Gasteiger partial charge in [-0.05, 0) is 6.07 Å². The van der Waals surface area contributed by atoms with Gasteiger partial charge in [-0.15, -0.1) is 0 Å². The van der Waals surface area contributed by atoms with Crippen LogP contribution in [0.3, 0.4) is 0 Å². The van der Waals surface area contributed by atoms with Crippen molar-refractivity contribution in [2.45, 2.75) is 24.9 Å². The van der Waals surface area contributed by atoms with Gasteiger partial charge in [-0.3, -0.25) is 4.57 Å². The van der Waals surface area contributed by atoms with E-state index in [2.05, 4.69) is 4.98 Å². The molecule has 3 atom stereocenters. The molecule has 1 aromatic rings. The summed E-state index contributed by atoms with van der Waals surface area (Å²) in [5, 5.41) is 18.4. The van der Waals surface area contributed by atoms with Gasteiger partial charge in [0.25, 0.3) is 0 Å². The van der Waals surface area contributed by atoms with Crippen molar-refractivity contribution < 1.29 is 14.9 Å². The van der Waals surface area contributed by atoms with E-state index in [-0.39, 0.29) is 25.0 Å². The molecule has 96 valence electrons. The van der Waals surface area contributed by atoms with Gasteiger partial charge in [0.2, 0.25) is 0 Å². The SMILES string of the molecule is N.Nc1ccn([C@H]2C[C@H](O)[C@@H](CO)O2)c(=O)n1. The Bertz CT molecular complexity index is 435. The lowest BCUT2D eigenvalue weighted by molar-refractivity contribution is -0.0458. The minimum atomic E-state index is -0.778.